The van der Waals surface area contributed by atoms with Gasteiger partial charge in [0, 0.05) is 32.4 Å². The van der Waals surface area contributed by atoms with Gasteiger partial charge in [-0.2, -0.15) is 0 Å². The van der Waals surface area contributed by atoms with Gasteiger partial charge >= 0.3 is 11.8 Å². The molecule has 2 N–H and O–H groups in total. The number of hydrogen-bond acceptors (Lipinski definition) is 5. The number of ether oxygens (including phenoxy) is 1. The van der Waals surface area contributed by atoms with E-state index in [1.165, 1.54) is 11.0 Å². The largest absolute Gasteiger partial charge is 0.444 e. The maximum absolute atomic E-state index is 12.3. The lowest BCUT2D eigenvalue weighted by atomic mass is 10.1. The Bertz CT molecular complexity index is 665. The second kappa shape index (κ2) is 7.12. The lowest BCUT2D eigenvalue weighted by Crippen LogP contribution is -2.45. The lowest BCUT2D eigenvalue weighted by Gasteiger charge is -2.32. The maximum Gasteiger partial charge on any atom is 0.409 e. The van der Waals surface area contributed by atoms with Crippen LogP contribution in [-0.2, 0) is 16.0 Å². The van der Waals surface area contributed by atoms with Crippen LogP contribution < -0.4 is 11.2 Å². The van der Waals surface area contributed by atoms with Crippen LogP contribution in [-0.4, -0.2) is 65.1 Å². The highest BCUT2D eigenvalue weighted by atomic mass is 16.6. The first-order valence-electron chi connectivity index (χ1n) is 7.33. The van der Waals surface area contributed by atoms with E-state index in [2.05, 4.69) is 4.98 Å². The Morgan fingerprint density at radius 2 is 2.09 bits per heavy atom. The van der Waals surface area contributed by atoms with E-state index in [-0.39, 0.29) is 24.1 Å². The molecule has 0 saturated carbocycles. The van der Waals surface area contributed by atoms with Crippen LogP contribution in [0.5, 0.6) is 0 Å². The van der Waals surface area contributed by atoms with Crippen LogP contribution >= 0.6 is 0 Å². The summed E-state index contributed by atoms with van der Waals surface area (Å²) in [7, 11) is 3.19. The highest BCUT2D eigenvalue weighted by Crippen LogP contribution is 2.15. The highest BCUT2D eigenvalue weighted by Gasteiger charge is 2.26. The summed E-state index contributed by atoms with van der Waals surface area (Å²) < 4.78 is 5.30. The molecule has 0 aliphatic carbocycles. The summed E-state index contributed by atoms with van der Waals surface area (Å²) in [5.74, 6) is -0.225. The number of carbonyl (C=O) groups excluding carboxylic acids is 2. The molecule has 1 fully saturated rings. The Labute approximate surface area is 132 Å². The molecule has 1 aromatic heterocycles. The number of hydrogen-bond donors (Lipinski definition) is 2. The number of likely N-dealkylation sites (tertiary alicyclic amines) is 1. The third-order valence-corrected chi connectivity index (χ3v) is 3.52. The maximum atomic E-state index is 12.3. The number of H-pyrrole nitrogens is 2. The van der Waals surface area contributed by atoms with Crippen molar-refractivity contribution in [2.45, 2.75) is 25.4 Å². The van der Waals surface area contributed by atoms with Crippen molar-refractivity contribution in [2.75, 3.05) is 27.2 Å². The highest BCUT2D eigenvalue weighted by molar-refractivity contribution is 5.78. The molecule has 1 saturated heterocycles. The van der Waals surface area contributed by atoms with Gasteiger partial charge in [0.15, 0.2) is 0 Å². The summed E-state index contributed by atoms with van der Waals surface area (Å²) >= 11 is 0. The van der Waals surface area contributed by atoms with Gasteiger partial charge in [-0.05, 0) is 12.8 Å². The van der Waals surface area contributed by atoms with E-state index in [4.69, 9.17) is 4.74 Å². The van der Waals surface area contributed by atoms with Crippen molar-refractivity contribution in [1.29, 1.82) is 0 Å². The van der Waals surface area contributed by atoms with Crippen molar-refractivity contribution in [1.82, 2.24) is 19.8 Å². The minimum absolute atomic E-state index is 0.0759. The van der Waals surface area contributed by atoms with Crippen molar-refractivity contribution < 1.29 is 14.3 Å². The molecule has 0 aromatic carbocycles. The molecule has 0 radical (unpaired) electrons. The molecule has 2 heterocycles. The van der Waals surface area contributed by atoms with Crippen molar-refractivity contribution in [3.63, 3.8) is 0 Å². The van der Waals surface area contributed by atoms with E-state index in [9.17, 15) is 19.2 Å². The normalized spacial score (nSPS) is 17.7. The first-order valence-corrected chi connectivity index (χ1v) is 7.33. The monoisotopic (exact) mass is 324 g/mol. The van der Waals surface area contributed by atoms with Gasteiger partial charge < -0.3 is 19.5 Å². The fourth-order valence-corrected chi connectivity index (χ4v) is 2.40. The fourth-order valence-electron chi connectivity index (χ4n) is 2.40. The van der Waals surface area contributed by atoms with E-state index >= 15 is 0 Å². The average molecular weight is 324 g/mol. The molecular weight excluding hydrogens is 304 g/mol. The van der Waals surface area contributed by atoms with Crippen LogP contribution in [0.1, 0.15) is 18.5 Å². The molecule has 1 aliphatic heterocycles. The number of carbonyl (C=O) groups is 2. The van der Waals surface area contributed by atoms with Gasteiger partial charge in [0.05, 0.1) is 13.0 Å². The van der Waals surface area contributed by atoms with Crippen LogP contribution in [0.3, 0.4) is 0 Å². The van der Waals surface area contributed by atoms with Crippen molar-refractivity contribution in [3.8, 4) is 0 Å². The number of piperidine rings is 1. The summed E-state index contributed by atoms with van der Waals surface area (Å²) in [5, 5.41) is 0. The van der Waals surface area contributed by atoms with Gasteiger partial charge in [0.2, 0.25) is 5.91 Å². The molecule has 1 unspecified atom stereocenters. The van der Waals surface area contributed by atoms with Crippen molar-refractivity contribution in [2.24, 2.45) is 0 Å². The topological polar surface area (TPSA) is 116 Å². The van der Waals surface area contributed by atoms with Gasteiger partial charge in [-0.25, -0.2) is 9.59 Å². The predicted molar refractivity (Wildman–Crippen MR) is 81.2 cm³/mol. The number of rotatable bonds is 3. The molecule has 0 spiro atoms. The Morgan fingerprint density at radius 3 is 2.74 bits per heavy atom. The second-order valence-electron chi connectivity index (χ2n) is 5.67. The van der Waals surface area contributed by atoms with Crippen LogP contribution in [0.2, 0.25) is 0 Å². The Kier molecular flexibility index (Phi) is 5.20. The van der Waals surface area contributed by atoms with E-state index < -0.39 is 17.3 Å². The summed E-state index contributed by atoms with van der Waals surface area (Å²) in [4.78, 5) is 53.7. The lowest BCUT2D eigenvalue weighted by molar-refractivity contribution is -0.133. The van der Waals surface area contributed by atoms with Gasteiger partial charge in [-0.1, -0.05) is 0 Å². The molecule has 9 heteroatoms. The summed E-state index contributed by atoms with van der Waals surface area (Å²) in [6.07, 6.45) is 0.561. The molecule has 9 nitrogen and oxygen atoms in total. The third-order valence-electron chi connectivity index (χ3n) is 3.52. The molecule has 126 valence electrons. The standard InChI is InChI=1S/C14H20N4O5/c1-17(2)14(22)23-10-4-3-5-18(8-10)12(20)7-9-6-11(19)16-13(21)15-9/h6,10H,3-5,7-8H2,1-2H3,(H2,15,16,19,21). The second-order valence-corrected chi connectivity index (χ2v) is 5.67. The SMILES string of the molecule is CN(C)C(=O)OC1CCCN(C(=O)Cc2cc(=O)[nH]c(=O)[nH]2)C1. The van der Waals surface area contributed by atoms with Gasteiger partial charge in [0.1, 0.15) is 6.10 Å². The van der Waals surface area contributed by atoms with Crippen LogP contribution in [0.25, 0.3) is 0 Å². The predicted octanol–water partition coefficient (Wildman–Crippen LogP) is -0.705. The Hall–Kier alpha value is -2.58. The van der Waals surface area contributed by atoms with E-state index in [0.717, 1.165) is 6.42 Å². The van der Waals surface area contributed by atoms with Crippen LogP contribution in [0, 0.1) is 0 Å². The van der Waals surface area contributed by atoms with Crippen molar-refractivity contribution in [3.05, 3.63) is 32.6 Å². The summed E-state index contributed by atoms with van der Waals surface area (Å²) in [6.45, 7) is 0.869. The zero-order chi connectivity index (χ0) is 17.0. The molecule has 1 aliphatic rings. The minimum Gasteiger partial charge on any atom is -0.444 e. The third kappa shape index (κ3) is 4.70. The van der Waals surface area contributed by atoms with E-state index in [1.54, 1.807) is 19.0 Å². The Morgan fingerprint density at radius 1 is 1.35 bits per heavy atom. The van der Waals surface area contributed by atoms with Gasteiger partial charge in [0.25, 0.3) is 5.56 Å². The quantitative estimate of drug-likeness (QED) is 0.762. The van der Waals surface area contributed by atoms with Crippen molar-refractivity contribution >= 4 is 12.0 Å². The first-order chi connectivity index (χ1) is 10.8. The summed E-state index contributed by atoms with van der Waals surface area (Å²) in [5.41, 5.74) is -0.930. The van der Waals surface area contributed by atoms with E-state index in [1.807, 2.05) is 4.98 Å². The number of aromatic amines is 2. The molecule has 1 aromatic rings. The summed E-state index contributed by atoms with van der Waals surface area (Å²) in [6, 6.07) is 1.19. The van der Waals surface area contributed by atoms with Gasteiger partial charge in [-0.15, -0.1) is 0 Å². The molecule has 2 amide bonds. The fraction of sp³-hybridized carbons (Fsp3) is 0.571. The van der Waals surface area contributed by atoms with Gasteiger partial charge in [-0.3, -0.25) is 14.6 Å². The number of aromatic nitrogens is 2. The van der Waals surface area contributed by atoms with E-state index in [0.29, 0.717) is 19.5 Å². The molecule has 1 atom stereocenters. The van der Waals surface area contributed by atoms with Crippen LogP contribution in [0.15, 0.2) is 15.7 Å². The Balaban J connectivity index is 1.97. The first kappa shape index (κ1) is 16.8. The smallest absolute Gasteiger partial charge is 0.409 e. The average Bonchev–Trinajstić information content (AvgIpc) is 2.46. The molecule has 23 heavy (non-hydrogen) atoms. The molecular formula is C14H20N4O5. The minimum atomic E-state index is -0.642. The molecule has 0 bridgehead atoms. The number of amides is 2. The number of nitrogens with zero attached hydrogens (tertiary/aromatic N) is 2. The zero-order valence-electron chi connectivity index (χ0n) is 13.1. The number of nitrogens with one attached hydrogen (secondary N) is 2. The van der Waals surface area contributed by atoms with Crippen LogP contribution in [0.4, 0.5) is 4.79 Å². The zero-order valence-corrected chi connectivity index (χ0v) is 13.1. The molecule has 2 rings (SSSR count).